The van der Waals surface area contributed by atoms with Crippen LogP contribution < -0.4 is 5.73 Å². The lowest BCUT2D eigenvalue weighted by atomic mass is 9.86. The molecule has 0 spiro atoms. The van der Waals surface area contributed by atoms with E-state index in [1.807, 2.05) is 29.2 Å². The number of nitrogens with two attached hydrogens (primary N) is 1. The molecule has 0 saturated carbocycles. The second-order valence-corrected chi connectivity index (χ2v) is 6.96. The molecule has 0 radical (unpaired) electrons. The molecular weight excluding hydrogens is 304 g/mol. The van der Waals surface area contributed by atoms with E-state index in [0.29, 0.717) is 6.42 Å². The molecule has 3 nitrogen and oxygen atoms in total. The Hall–Kier alpha value is -0.870. The molecular formula is C15H21BrN2O. The van der Waals surface area contributed by atoms with Crippen LogP contribution in [0.25, 0.3) is 0 Å². The van der Waals surface area contributed by atoms with Crippen molar-refractivity contribution in [3.63, 3.8) is 0 Å². The van der Waals surface area contributed by atoms with E-state index in [1.165, 1.54) is 0 Å². The largest absolute Gasteiger partial charge is 0.329 e. The highest BCUT2D eigenvalue weighted by atomic mass is 79.9. The zero-order valence-electron chi connectivity index (χ0n) is 11.7. The molecule has 104 valence electrons. The summed E-state index contributed by atoms with van der Waals surface area (Å²) in [6, 6.07) is 7.94. The van der Waals surface area contributed by atoms with Crippen LogP contribution in [0.3, 0.4) is 0 Å². The molecule has 1 aliphatic rings. The standard InChI is InChI=1S/C15H21BrN2O/c1-15(2,3)18-13(19)9-8-12(17)14(18)10-6-4-5-7-11(10)16/h4-7,12,14H,8-9,17H2,1-3H3. The number of likely N-dealkylation sites (tertiary alicyclic amines) is 1. The smallest absolute Gasteiger partial charge is 0.223 e. The maximum atomic E-state index is 12.3. The monoisotopic (exact) mass is 324 g/mol. The summed E-state index contributed by atoms with van der Waals surface area (Å²) in [4.78, 5) is 14.3. The highest BCUT2D eigenvalue weighted by Gasteiger charge is 2.41. The number of halogens is 1. The SMILES string of the molecule is CC(C)(C)N1C(=O)CCC(N)C1c1ccccc1Br. The highest BCUT2D eigenvalue weighted by molar-refractivity contribution is 9.10. The van der Waals surface area contributed by atoms with Gasteiger partial charge in [0.1, 0.15) is 0 Å². The summed E-state index contributed by atoms with van der Waals surface area (Å²) < 4.78 is 1.01. The van der Waals surface area contributed by atoms with Gasteiger partial charge >= 0.3 is 0 Å². The van der Waals surface area contributed by atoms with Gasteiger partial charge in [0.15, 0.2) is 0 Å². The fourth-order valence-corrected chi connectivity index (χ4v) is 3.31. The topological polar surface area (TPSA) is 46.3 Å². The van der Waals surface area contributed by atoms with Crippen molar-refractivity contribution in [2.24, 2.45) is 5.73 Å². The average molecular weight is 325 g/mol. The third kappa shape index (κ3) is 2.84. The molecule has 1 aliphatic heterocycles. The Balaban J connectivity index is 2.49. The van der Waals surface area contributed by atoms with Gasteiger partial charge < -0.3 is 10.6 Å². The van der Waals surface area contributed by atoms with E-state index in [-0.39, 0.29) is 23.5 Å². The molecule has 1 saturated heterocycles. The number of benzene rings is 1. The number of rotatable bonds is 1. The Morgan fingerprint density at radius 2 is 1.95 bits per heavy atom. The van der Waals surface area contributed by atoms with Crippen molar-refractivity contribution in [3.05, 3.63) is 34.3 Å². The Morgan fingerprint density at radius 3 is 2.53 bits per heavy atom. The van der Waals surface area contributed by atoms with Crippen molar-refractivity contribution in [1.29, 1.82) is 0 Å². The summed E-state index contributed by atoms with van der Waals surface area (Å²) in [5, 5.41) is 0. The van der Waals surface area contributed by atoms with Crippen LogP contribution in [0.4, 0.5) is 0 Å². The fraction of sp³-hybridized carbons (Fsp3) is 0.533. The second-order valence-electron chi connectivity index (χ2n) is 6.10. The number of amides is 1. The summed E-state index contributed by atoms with van der Waals surface area (Å²) in [5.74, 6) is 0.190. The average Bonchev–Trinajstić information content (AvgIpc) is 2.31. The molecule has 0 bridgehead atoms. The molecule has 2 atom stereocenters. The summed E-state index contributed by atoms with van der Waals surface area (Å²) in [5.41, 5.74) is 7.18. The van der Waals surface area contributed by atoms with Gasteiger partial charge in [-0.1, -0.05) is 34.1 Å². The third-order valence-electron chi connectivity index (χ3n) is 3.59. The van der Waals surface area contributed by atoms with E-state index in [1.54, 1.807) is 0 Å². The highest BCUT2D eigenvalue weighted by Crippen LogP contribution is 2.38. The first-order chi connectivity index (χ1) is 8.82. The molecule has 1 aromatic carbocycles. The molecule has 1 aromatic rings. The zero-order valence-corrected chi connectivity index (χ0v) is 13.3. The normalized spacial score (nSPS) is 24.7. The Morgan fingerprint density at radius 1 is 1.32 bits per heavy atom. The van der Waals surface area contributed by atoms with Gasteiger partial charge in [0.05, 0.1) is 6.04 Å². The molecule has 2 unspecified atom stereocenters. The van der Waals surface area contributed by atoms with Gasteiger partial charge in [-0.15, -0.1) is 0 Å². The Bertz CT molecular complexity index is 481. The van der Waals surface area contributed by atoms with Crippen LogP contribution in [0.15, 0.2) is 28.7 Å². The van der Waals surface area contributed by atoms with Crippen LogP contribution in [-0.4, -0.2) is 22.4 Å². The Labute approximate surface area is 123 Å². The van der Waals surface area contributed by atoms with Crippen molar-refractivity contribution in [2.45, 2.75) is 51.2 Å². The lowest BCUT2D eigenvalue weighted by Crippen LogP contribution is -2.56. The molecule has 19 heavy (non-hydrogen) atoms. The molecule has 2 N–H and O–H groups in total. The summed E-state index contributed by atoms with van der Waals surface area (Å²) in [7, 11) is 0. The van der Waals surface area contributed by atoms with Crippen LogP contribution in [0, 0.1) is 0 Å². The van der Waals surface area contributed by atoms with Crippen LogP contribution in [0.5, 0.6) is 0 Å². The van der Waals surface area contributed by atoms with Crippen LogP contribution in [0.1, 0.15) is 45.2 Å². The predicted molar refractivity (Wildman–Crippen MR) is 80.7 cm³/mol. The Kier molecular flexibility index (Phi) is 4.02. The molecule has 4 heteroatoms. The van der Waals surface area contributed by atoms with E-state index in [4.69, 9.17) is 5.73 Å². The zero-order chi connectivity index (χ0) is 14.2. The molecule has 0 aromatic heterocycles. The minimum Gasteiger partial charge on any atom is -0.329 e. The van der Waals surface area contributed by atoms with E-state index in [9.17, 15) is 4.79 Å². The van der Waals surface area contributed by atoms with Gasteiger partial charge in [-0.25, -0.2) is 0 Å². The maximum Gasteiger partial charge on any atom is 0.223 e. The van der Waals surface area contributed by atoms with E-state index < -0.39 is 0 Å². The summed E-state index contributed by atoms with van der Waals surface area (Å²) in [6.07, 6.45) is 1.29. The number of carbonyl (C=O) groups excluding carboxylic acids is 1. The first-order valence-electron chi connectivity index (χ1n) is 6.64. The molecule has 2 rings (SSSR count). The van der Waals surface area contributed by atoms with Crippen LogP contribution in [-0.2, 0) is 4.79 Å². The van der Waals surface area contributed by atoms with Gasteiger partial charge in [-0.05, 0) is 38.8 Å². The van der Waals surface area contributed by atoms with Crippen molar-refractivity contribution >= 4 is 21.8 Å². The van der Waals surface area contributed by atoms with Crippen molar-refractivity contribution in [1.82, 2.24) is 4.90 Å². The number of carbonyl (C=O) groups is 1. The minimum atomic E-state index is -0.227. The second kappa shape index (κ2) is 5.25. The van der Waals surface area contributed by atoms with E-state index in [0.717, 1.165) is 16.5 Å². The van der Waals surface area contributed by atoms with Crippen molar-refractivity contribution < 1.29 is 4.79 Å². The first kappa shape index (κ1) is 14.5. The fourth-order valence-electron chi connectivity index (χ4n) is 2.79. The molecule has 1 amide bonds. The van der Waals surface area contributed by atoms with Gasteiger partial charge in [-0.2, -0.15) is 0 Å². The summed E-state index contributed by atoms with van der Waals surface area (Å²) >= 11 is 3.58. The first-order valence-corrected chi connectivity index (χ1v) is 7.44. The lowest BCUT2D eigenvalue weighted by Gasteiger charge is -2.47. The molecule has 0 aliphatic carbocycles. The maximum absolute atomic E-state index is 12.3. The number of piperidine rings is 1. The number of hydrogen-bond donors (Lipinski definition) is 1. The number of hydrogen-bond acceptors (Lipinski definition) is 2. The molecule has 1 fully saturated rings. The van der Waals surface area contributed by atoms with E-state index >= 15 is 0 Å². The van der Waals surface area contributed by atoms with Crippen molar-refractivity contribution in [2.75, 3.05) is 0 Å². The predicted octanol–water partition coefficient (Wildman–Crippen LogP) is 3.24. The van der Waals surface area contributed by atoms with Crippen LogP contribution in [0.2, 0.25) is 0 Å². The lowest BCUT2D eigenvalue weighted by molar-refractivity contribution is -0.144. The van der Waals surface area contributed by atoms with Crippen LogP contribution >= 0.6 is 15.9 Å². The van der Waals surface area contributed by atoms with E-state index in [2.05, 4.69) is 36.7 Å². The third-order valence-corrected chi connectivity index (χ3v) is 4.31. The van der Waals surface area contributed by atoms with Gasteiger partial charge in [0, 0.05) is 22.5 Å². The minimum absolute atomic E-state index is 0.0179. The quantitative estimate of drug-likeness (QED) is 0.862. The molecule has 1 heterocycles. The van der Waals surface area contributed by atoms with Crippen molar-refractivity contribution in [3.8, 4) is 0 Å². The van der Waals surface area contributed by atoms with Gasteiger partial charge in [0.25, 0.3) is 0 Å². The summed E-state index contributed by atoms with van der Waals surface area (Å²) in [6.45, 7) is 6.19. The van der Waals surface area contributed by atoms with Gasteiger partial charge in [0.2, 0.25) is 5.91 Å². The van der Waals surface area contributed by atoms with Gasteiger partial charge in [-0.3, -0.25) is 4.79 Å². The number of nitrogens with zero attached hydrogens (tertiary/aromatic N) is 1.